The zero-order chi connectivity index (χ0) is 21.2. The lowest BCUT2D eigenvalue weighted by Crippen LogP contribution is -2.40. The Morgan fingerprint density at radius 3 is 2.48 bits per heavy atom. The smallest absolute Gasteiger partial charge is 0.235 e. The molecule has 1 saturated heterocycles. The summed E-state index contributed by atoms with van der Waals surface area (Å²) in [6.07, 6.45) is 0.704. The van der Waals surface area contributed by atoms with E-state index in [0.717, 1.165) is 24.0 Å². The van der Waals surface area contributed by atoms with Crippen LogP contribution in [0.15, 0.2) is 48.5 Å². The van der Waals surface area contributed by atoms with E-state index in [0.29, 0.717) is 0 Å². The van der Waals surface area contributed by atoms with Crippen molar-refractivity contribution in [3.05, 3.63) is 71.3 Å². The zero-order valence-corrected chi connectivity index (χ0v) is 16.5. The van der Waals surface area contributed by atoms with E-state index in [2.05, 4.69) is 0 Å². The van der Waals surface area contributed by atoms with Gasteiger partial charge in [0.05, 0.1) is 6.26 Å². The van der Waals surface area contributed by atoms with Gasteiger partial charge in [-0.25, -0.2) is 17.2 Å². The topological polar surface area (TPSA) is 83.5 Å². The van der Waals surface area contributed by atoms with E-state index in [9.17, 15) is 26.8 Å². The van der Waals surface area contributed by atoms with Gasteiger partial charge in [-0.2, -0.15) is 0 Å². The fourth-order valence-electron chi connectivity index (χ4n) is 3.61. The maximum absolute atomic E-state index is 14.1. The first-order valence-electron chi connectivity index (χ1n) is 8.93. The number of nitrogens with zero attached hydrogens (tertiary/aromatic N) is 1. The number of hydrogen-bond donors (Lipinski definition) is 1. The lowest BCUT2D eigenvalue weighted by atomic mass is 9.89. The number of benzene rings is 2. The maximum Gasteiger partial charge on any atom is 0.235 e. The molecular weight excluding hydrogens is 402 g/mol. The van der Waals surface area contributed by atoms with Crippen molar-refractivity contribution >= 4 is 21.8 Å². The van der Waals surface area contributed by atoms with Crippen LogP contribution >= 0.6 is 0 Å². The van der Waals surface area contributed by atoms with Gasteiger partial charge in [-0.15, -0.1) is 0 Å². The van der Waals surface area contributed by atoms with Crippen molar-refractivity contribution in [3.8, 4) is 0 Å². The molecule has 0 bridgehead atoms. The molecule has 1 heterocycles. The molecule has 0 spiro atoms. The van der Waals surface area contributed by atoms with Gasteiger partial charge in [0.15, 0.2) is 0 Å². The Balaban J connectivity index is 1.91. The Bertz CT molecular complexity index is 1030. The van der Waals surface area contributed by atoms with Crippen molar-refractivity contribution in [2.75, 3.05) is 6.26 Å². The SMILES string of the molecule is CS(=O)(=O)NC(=O)CC1C(c2ccccc2)CC(=O)N1Cc1ccc(F)cc1F. The number of carbonyl (C=O) groups is 2. The summed E-state index contributed by atoms with van der Waals surface area (Å²) in [5.41, 5.74) is 0.932. The average Bonchev–Trinajstić information content (AvgIpc) is 2.92. The molecule has 0 saturated carbocycles. The molecule has 1 aliphatic rings. The molecule has 2 atom stereocenters. The molecule has 1 aliphatic heterocycles. The molecule has 0 aliphatic carbocycles. The molecule has 1 N–H and O–H groups in total. The van der Waals surface area contributed by atoms with E-state index in [1.54, 1.807) is 12.1 Å². The molecule has 0 aromatic heterocycles. The highest BCUT2D eigenvalue weighted by atomic mass is 32.2. The Hall–Kier alpha value is -2.81. The minimum atomic E-state index is -3.75. The zero-order valence-electron chi connectivity index (χ0n) is 15.6. The van der Waals surface area contributed by atoms with Crippen molar-refractivity contribution in [3.63, 3.8) is 0 Å². The third-order valence-electron chi connectivity index (χ3n) is 4.86. The Morgan fingerprint density at radius 2 is 1.86 bits per heavy atom. The molecule has 154 valence electrons. The van der Waals surface area contributed by atoms with Gasteiger partial charge in [-0.1, -0.05) is 36.4 Å². The van der Waals surface area contributed by atoms with Gasteiger partial charge >= 0.3 is 0 Å². The van der Waals surface area contributed by atoms with Gasteiger partial charge in [0.25, 0.3) is 0 Å². The minimum Gasteiger partial charge on any atom is -0.334 e. The first-order chi connectivity index (χ1) is 13.6. The van der Waals surface area contributed by atoms with E-state index in [-0.39, 0.29) is 36.8 Å². The minimum absolute atomic E-state index is 0.101. The molecule has 2 unspecified atom stereocenters. The summed E-state index contributed by atoms with van der Waals surface area (Å²) in [5.74, 6) is -2.93. The van der Waals surface area contributed by atoms with E-state index < -0.39 is 33.6 Å². The van der Waals surface area contributed by atoms with E-state index >= 15 is 0 Å². The summed E-state index contributed by atoms with van der Waals surface area (Å²) in [5, 5.41) is 0. The standard InChI is InChI=1S/C20H20F2N2O4S/c1-29(27,28)23-19(25)11-18-16(13-5-3-2-4-6-13)10-20(26)24(18)12-14-7-8-15(21)9-17(14)22/h2-9,16,18H,10-12H2,1H3,(H,23,25). The average molecular weight is 422 g/mol. The summed E-state index contributed by atoms with van der Waals surface area (Å²) in [6, 6.07) is 11.5. The lowest BCUT2D eigenvalue weighted by Gasteiger charge is -2.28. The number of rotatable bonds is 6. The number of nitrogens with one attached hydrogen (secondary N) is 1. The quantitative estimate of drug-likeness (QED) is 0.775. The van der Waals surface area contributed by atoms with E-state index in [1.807, 2.05) is 22.9 Å². The normalized spacial score (nSPS) is 19.4. The van der Waals surface area contributed by atoms with Crippen LogP contribution in [0.25, 0.3) is 0 Å². The van der Waals surface area contributed by atoms with Crippen LogP contribution in [-0.4, -0.2) is 37.4 Å². The van der Waals surface area contributed by atoms with Gasteiger partial charge in [-0.05, 0) is 11.6 Å². The molecule has 2 aromatic rings. The van der Waals surface area contributed by atoms with Crippen LogP contribution in [0, 0.1) is 11.6 Å². The number of likely N-dealkylation sites (tertiary alicyclic amines) is 1. The highest BCUT2D eigenvalue weighted by Crippen LogP contribution is 2.37. The van der Waals surface area contributed by atoms with Crippen LogP contribution in [0.2, 0.25) is 0 Å². The van der Waals surface area contributed by atoms with E-state index in [4.69, 9.17) is 0 Å². The molecule has 0 radical (unpaired) electrons. The first-order valence-corrected chi connectivity index (χ1v) is 10.8. The summed E-state index contributed by atoms with van der Waals surface area (Å²) in [7, 11) is -3.75. The monoisotopic (exact) mass is 422 g/mol. The van der Waals surface area contributed by atoms with Gasteiger partial charge in [0.1, 0.15) is 11.6 Å². The Kier molecular flexibility index (Phi) is 5.97. The van der Waals surface area contributed by atoms with E-state index in [1.165, 1.54) is 11.0 Å². The van der Waals surface area contributed by atoms with Crippen LogP contribution in [0.1, 0.15) is 29.9 Å². The number of carbonyl (C=O) groups excluding carboxylic acids is 2. The third kappa shape index (κ3) is 5.17. The van der Waals surface area contributed by atoms with Gasteiger partial charge in [-0.3, -0.25) is 14.3 Å². The lowest BCUT2D eigenvalue weighted by molar-refractivity contribution is -0.130. The van der Waals surface area contributed by atoms with Gasteiger partial charge < -0.3 is 4.90 Å². The van der Waals surface area contributed by atoms with Crippen LogP contribution in [0.3, 0.4) is 0 Å². The van der Waals surface area contributed by atoms with Crippen LogP contribution in [0.5, 0.6) is 0 Å². The summed E-state index contributed by atoms with van der Waals surface area (Å²) in [6.45, 7) is -0.148. The predicted octanol–water partition coefficient (Wildman–Crippen LogP) is 2.32. The number of amides is 2. The fourth-order valence-corrected chi connectivity index (χ4v) is 4.11. The largest absolute Gasteiger partial charge is 0.334 e. The van der Waals surface area contributed by atoms with Crippen LogP contribution in [-0.2, 0) is 26.2 Å². The van der Waals surface area contributed by atoms with Crippen molar-refractivity contribution in [2.45, 2.75) is 31.3 Å². The van der Waals surface area contributed by atoms with Crippen molar-refractivity contribution < 1.29 is 26.8 Å². The van der Waals surface area contributed by atoms with Crippen molar-refractivity contribution in [1.29, 1.82) is 0 Å². The Labute approximate surface area is 167 Å². The molecule has 6 nitrogen and oxygen atoms in total. The van der Waals surface area contributed by atoms with Crippen molar-refractivity contribution in [1.82, 2.24) is 9.62 Å². The van der Waals surface area contributed by atoms with Crippen LogP contribution in [0.4, 0.5) is 8.78 Å². The second kappa shape index (κ2) is 8.28. The van der Waals surface area contributed by atoms with Gasteiger partial charge in [0.2, 0.25) is 21.8 Å². The molecular formula is C20H20F2N2O4S. The molecule has 1 fully saturated rings. The fraction of sp³-hybridized carbons (Fsp3) is 0.300. The molecule has 9 heteroatoms. The summed E-state index contributed by atoms with van der Waals surface area (Å²) >= 11 is 0. The number of hydrogen-bond acceptors (Lipinski definition) is 4. The molecule has 29 heavy (non-hydrogen) atoms. The first kappa shape index (κ1) is 20.9. The highest BCUT2D eigenvalue weighted by Gasteiger charge is 2.41. The Morgan fingerprint density at radius 1 is 1.17 bits per heavy atom. The molecule has 2 amide bonds. The molecule has 3 rings (SSSR count). The predicted molar refractivity (Wildman–Crippen MR) is 102 cm³/mol. The second-order valence-electron chi connectivity index (χ2n) is 7.05. The third-order valence-corrected chi connectivity index (χ3v) is 5.46. The van der Waals surface area contributed by atoms with Gasteiger partial charge in [0, 0.05) is 43.0 Å². The maximum atomic E-state index is 14.1. The second-order valence-corrected chi connectivity index (χ2v) is 8.80. The number of sulfonamides is 1. The summed E-state index contributed by atoms with van der Waals surface area (Å²) in [4.78, 5) is 26.3. The summed E-state index contributed by atoms with van der Waals surface area (Å²) < 4.78 is 52.0. The highest BCUT2D eigenvalue weighted by molar-refractivity contribution is 7.89. The number of halogens is 2. The molecule has 2 aromatic carbocycles. The van der Waals surface area contributed by atoms with Crippen molar-refractivity contribution in [2.24, 2.45) is 0 Å². The van der Waals surface area contributed by atoms with Crippen LogP contribution < -0.4 is 4.72 Å².